The van der Waals surface area contributed by atoms with E-state index in [9.17, 15) is 4.79 Å². The summed E-state index contributed by atoms with van der Waals surface area (Å²) in [4.78, 5) is 14.4. The SMILES string of the molecule is Cc1ccc(NC(=O)C(C)NC(CN(C)C)C(C)C)cc1. The Labute approximate surface area is 128 Å². The molecule has 0 aliphatic carbocycles. The molecule has 2 N–H and O–H groups in total. The monoisotopic (exact) mass is 291 g/mol. The fourth-order valence-electron chi connectivity index (χ4n) is 2.13. The lowest BCUT2D eigenvalue weighted by Gasteiger charge is -2.28. The van der Waals surface area contributed by atoms with Crippen LogP contribution in [-0.2, 0) is 4.79 Å². The highest BCUT2D eigenvalue weighted by molar-refractivity contribution is 5.94. The van der Waals surface area contributed by atoms with Crippen LogP contribution in [0.5, 0.6) is 0 Å². The summed E-state index contributed by atoms with van der Waals surface area (Å²) in [6.07, 6.45) is 0. The molecule has 1 amide bonds. The normalized spacial score (nSPS) is 14.3. The molecule has 1 rings (SSSR count). The maximum absolute atomic E-state index is 12.3. The van der Waals surface area contributed by atoms with Crippen molar-refractivity contribution >= 4 is 11.6 Å². The van der Waals surface area contributed by atoms with Crippen LogP contribution in [0.1, 0.15) is 26.3 Å². The first-order chi connectivity index (χ1) is 9.79. The molecule has 21 heavy (non-hydrogen) atoms. The second-order valence-electron chi connectivity index (χ2n) is 6.36. The second kappa shape index (κ2) is 8.15. The standard InChI is InChI=1S/C17H29N3O/c1-12(2)16(11-20(5)6)18-14(4)17(21)19-15-9-7-13(3)8-10-15/h7-10,12,14,16,18H,11H2,1-6H3,(H,19,21). The zero-order chi connectivity index (χ0) is 16.0. The van der Waals surface area contributed by atoms with Crippen molar-refractivity contribution in [3.8, 4) is 0 Å². The molecule has 0 bridgehead atoms. The summed E-state index contributed by atoms with van der Waals surface area (Å²) in [7, 11) is 4.10. The molecule has 1 aromatic rings. The third-order valence-electron chi connectivity index (χ3n) is 3.54. The van der Waals surface area contributed by atoms with Gasteiger partial charge in [0.1, 0.15) is 0 Å². The van der Waals surface area contributed by atoms with E-state index in [1.807, 2.05) is 52.2 Å². The van der Waals surface area contributed by atoms with Crippen LogP contribution in [-0.4, -0.2) is 43.5 Å². The van der Waals surface area contributed by atoms with Gasteiger partial charge in [0, 0.05) is 18.3 Å². The topological polar surface area (TPSA) is 44.4 Å². The van der Waals surface area contributed by atoms with Gasteiger partial charge >= 0.3 is 0 Å². The van der Waals surface area contributed by atoms with E-state index in [0.29, 0.717) is 12.0 Å². The second-order valence-corrected chi connectivity index (χ2v) is 6.36. The van der Waals surface area contributed by atoms with Gasteiger partial charge in [0.05, 0.1) is 6.04 Å². The Bertz CT molecular complexity index is 440. The molecule has 0 fully saturated rings. The summed E-state index contributed by atoms with van der Waals surface area (Å²) in [5, 5.41) is 6.38. The van der Waals surface area contributed by atoms with Crippen molar-refractivity contribution in [2.75, 3.05) is 26.0 Å². The van der Waals surface area contributed by atoms with Crippen molar-refractivity contribution in [2.45, 2.75) is 39.8 Å². The first-order valence-corrected chi connectivity index (χ1v) is 7.58. The minimum absolute atomic E-state index is 0.00302. The summed E-state index contributed by atoms with van der Waals surface area (Å²) in [6.45, 7) is 9.20. The molecule has 0 saturated carbocycles. The fourth-order valence-corrected chi connectivity index (χ4v) is 2.13. The molecule has 0 aliphatic heterocycles. The van der Waals surface area contributed by atoms with E-state index in [1.54, 1.807) is 0 Å². The molecular weight excluding hydrogens is 262 g/mol. The lowest BCUT2D eigenvalue weighted by Crippen LogP contribution is -2.50. The Balaban J connectivity index is 2.58. The number of hydrogen-bond donors (Lipinski definition) is 2. The Hall–Kier alpha value is -1.39. The molecule has 1 aromatic carbocycles. The molecule has 2 unspecified atom stereocenters. The summed E-state index contributed by atoms with van der Waals surface area (Å²) in [5.74, 6) is 0.477. The number of likely N-dealkylation sites (N-methyl/N-ethyl adjacent to an activating group) is 1. The first-order valence-electron chi connectivity index (χ1n) is 7.58. The zero-order valence-corrected chi connectivity index (χ0v) is 14.1. The Morgan fingerprint density at radius 1 is 1.14 bits per heavy atom. The number of nitrogens with zero attached hydrogens (tertiary/aromatic N) is 1. The van der Waals surface area contributed by atoms with Gasteiger partial charge in [0.25, 0.3) is 0 Å². The maximum atomic E-state index is 12.3. The lowest BCUT2D eigenvalue weighted by atomic mass is 10.0. The molecule has 118 valence electrons. The minimum atomic E-state index is -0.223. The average Bonchev–Trinajstić information content (AvgIpc) is 2.39. The van der Waals surface area contributed by atoms with E-state index in [-0.39, 0.29) is 11.9 Å². The molecule has 0 heterocycles. The summed E-state index contributed by atoms with van der Waals surface area (Å²) in [5.41, 5.74) is 2.03. The van der Waals surface area contributed by atoms with Gasteiger partial charge in [-0.3, -0.25) is 4.79 Å². The van der Waals surface area contributed by atoms with Gasteiger partial charge in [-0.25, -0.2) is 0 Å². The fraction of sp³-hybridized carbons (Fsp3) is 0.588. The van der Waals surface area contributed by atoms with Crippen LogP contribution >= 0.6 is 0 Å². The number of aryl methyl sites for hydroxylation is 1. The molecule has 0 spiro atoms. The van der Waals surface area contributed by atoms with E-state index in [4.69, 9.17) is 0 Å². The highest BCUT2D eigenvalue weighted by atomic mass is 16.2. The molecule has 0 aromatic heterocycles. The largest absolute Gasteiger partial charge is 0.325 e. The van der Waals surface area contributed by atoms with Gasteiger partial charge in [-0.1, -0.05) is 31.5 Å². The van der Waals surface area contributed by atoms with Gasteiger partial charge in [0.2, 0.25) is 5.91 Å². The number of nitrogens with one attached hydrogen (secondary N) is 2. The predicted octanol–water partition coefficient (Wildman–Crippen LogP) is 2.50. The molecular formula is C17H29N3O. The summed E-state index contributed by atoms with van der Waals surface area (Å²) in [6, 6.07) is 7.92. The molecule has 0 aliphatic rings. The lowest BCUT2D eigenvalue weighted by molar-refractivity contribution is -0.118. The third kappa shape index (κ3) is 6.27. The molecule has 4 nitrogen and oxygen atoms in total. The first kappa shape index (κ1) is 17.7. The van der Waals surface area contributed by atoms with Crippen molar-refractivity contribution in [1.82, 2.24) is 10.2 Å². The Morgan fingerprint density at radius 3 is 2.19 bits per heavy atom. The van der Waals surface area contributed by atoms with E-state index in [0.717, 1.165) is 12.2 Å². The summed E-state index contributed by atoms with van der Waals surface area (Å²) < 4.78 is 0. The van der Waals surface area contributed by atoms with E-state index in [2.05, 4.69) is 29.4 Å². The van der Waals surface area contributed by atoms with Gasteiger partial charge < -0.3 is 15.5 Å². The Morgan fingerprint density at radius 2 is 1.71 bits per heavy atom. The van der Waals surface area contributed by atoms with Crippen molar-refractivity contribution in [2.24, 2.45) is 5.92 Å². The molecule has 0 saturated heterocycles. The van der Waals surface area contributed by atoms with Crippen LogP contribution in [0.4, 0.5) is 5.69 Å². The minimum Gasteiger partial charge on any atom is -0.325 e. The van der Waals surface area contributed by atoms with Crippen LogP contribution in [0.3, 0.4) is 0 Å². The van der Waals surface area contributed by atoms with Crippen LogP contribution in [0.2, 0.25) is 0 Å². The average molecular weight is 291 g/mol. The number of carbonyl (C=O) groups excluding carboxylic acids is 1. The molecule has 4 heteroatoms. The van der Waals surface area contributed by atoms with Crippen LogP contribution in [0.25, 0.3) is 0 Å². The number of amides is 1. The number of carbonyl (C=O) groups is 1. The van der Waals surface area contributed by atoms with E-state index in [1.165, 1.54) is 5.56 Å². The van der Waals surface area contributed by atoms with Gasteiger partial charge in [-0.15, -0.1) is 0 Å². The van der Waals surface area contributed by atoms with E-state index >= 15 is 0 Å². The molecule has 2 atom stereocenters. The quantitative estimate of drug-likeness (QED) is 0.811. The highest BCUT2D eigenvalue weighted by Crippen LogP contribution is 2.10. The number of rotatable bonds is 7. The van der Waals surface area contributed by atoms with Gasteiger partial charge in [0.15, 0.2) is 0 Å². The van der Waals surface area contributed by atoms with Crippen LogP contribution in [0, 0.1) is 12.8 Å². The van der Waals surface area contributed by atoms with Crippen LogP contribution in [0.15, 0.2) is 24.3 Å². The predicted molar refractivity (Wildman–Crippen MR) is 89.6 cm³/mol. The van der Waals surface area contributed by atoms with Crippen molar-refractivity contribution in [3.63, 3.8) is 0 Å². The van der Waals surface area contributed by atoms with Gasteiger partial charge in [-0.05, 0) is 46.0 Å². The zero-order valence-electron chi connectivity index (χ0n) is 14.1. The van der Waals surface area contributed by atoms with Crippen molar-refractivity contribution in [1.29, 1.82) is 0 Å². The van der Waals surface area contributed by atoms with Gasteiger partial charge in [-0.2, -0.15) is 0 Å². The number of benzene rings is 1. The van der Waals surface area contributed by atoms with Crippen molar-refractivity contribution < 1.29 is 4.79 Å². The van der Waals surface area contributed by atoms with Crippen molar-refractivity contribution in [3.05, 3.63) is 29.8 Å². The Kier molecular flexibility index (Phi) is 6.85. The van der Waals surface area contributed by atoms with Crippen LogP contribution < -0.4 is 10.6 Å². The summed E-state index contributed by atoms with van der Waals surface area (Å²) >= 11 is 0. The van der Waals surface area contributed by atoms with E-state index < -0.39 is 0 Å². The smallest absolute Gasteiger partial charge is 0.241 e. The third-order valence-corrected chi connectivity index (χ3v) is 3.54. The molecule has 0 radical (unpaired) electrons. The number of anilines is 1. The highest BCUT2D eigenvalue weighted by Gasteiger charge is 2.20. The number of hydrogen-bond acceptors (Lipinski definition) is 3. The maximum Gasteiger partial charge on any atom is 0.241 e.